The smallest absolute Gasteiger partial charge is 0.309 e. The fourth-order valence-corrected chi connectivity index (χ4v) is 5.25. The topological polar surface area (TPSA) is 124 Å². The van der Waals surface area contributed by atoms with Gasteiger partial charge < -0.3 is 19.2 Å². The van der Waals surface area contributed by atoms with Crippen molar-refractivity contribution in [1.82, 2.24) is 30.1 Å². The molecule has 202 valence electrons. The molecule has 11 nitrogen and oxygen atoms in total. The summed E-state index contributed by atoms with van der Waals surface area (Å²) in [5, 5.41) is 13.2. The van der Waals surface area contributed by atoms with E-state index in [2.05, 4.69) is 25.4 Å². The Morgan fingerprint density at radius 1 is 1.15 bits per heavy atom. The van der Waals surface area contributed by atoms with Crippen LogP contribution < -0.4 is 15.0 Å². The van der Waals surface area contributed by atoms with Crippen LogP contribution in [0.1, 0.15) is 42.8 Å². The van der Waals surface area contributed by atoms with Gasteiger partial charge in [-0.2, -0.15) is 0 Å². The second-order valence-electron chi connectivity index (χ2n) is 9.63. The van der Waals surface area contributed by atoms with Crippen LogP contribution in [-0.4, -0.2) is 62.5 Å². The molecule has 2 aromatic heterocycles. The molecule has 2 aliphatic heterocycles. The zero-order chi connectivity index (χ0) is 26.9. The Hall–Kier alpha value is -4.32. The van der Waals surface area contributed by atoms with Gasteiger partial charge in [0, 0.05) is 30.1 Å². The summed E-state index contributed by atoms with van der Waals surface area (Å²) in [5.41, 5.74) is 1.62. The van der Waals surface area contributed by atoms with Crippen molar-refractivity contribution in [2.75, 3.05) is 26.5 Å². The zero-order valence-corrected chi connectivity index (χ0v) is 21.3. The monoisotopic (exact) mass is 534 g/mol. The third-order valence-corrected chi connectivity index (χ3v) is 7.23. The van der Waals surface area contributed by atoms with E-state index in [1.807, 2.05) is 12.1 Å². The predicted molar refractivity (Wildman–Crippen MR) is 137 cm³/mol. The molecule has 39 heavy (non-hydrogen) atoms. The van der Waals surface area contributed by atoms with Gasteiger partial charge in [-0.25, -0.2) is 9.07 Å². The number of piperidine rings is 1. The highest BCUT2D eigenvalue weighted by atomic mass is 19.1. The molecule has 2 aromatic carbocycles. The first-order valence-electron chi connectivity index (χ1n) is 12.9. The van der Waals surface area contributed by atoms with Gasteiger partial charge in [-0.1, -0.05) is 12.1 Å². The van der Waals surface area contributed by atoms with Gasteiger partial charge >= 0.3 is 5.97 Å². The SMILES string of the molecule is CCOC(=O)C1CCN([C@H](c2cc3cc4c(cc3[nH]c2=O)OCO4)c2nnnn2Cc2ccc(F)cc2)CC1. The highest BCUT2D eigenvalue weighted by Gasteiger charge is 2.35. The zero-order valence-electron chi connectivity index (χ0n) is 21.3. The minimum absolute atomic E-state index is 0.124. The minimum Gasteiger partial charge on any atom is -0.466 e. The number of nitrogens with one attached hydrogen (secondary N) is 1. The van der Waals surface area contributed by atoms with Crippen LogP contribution in [-0.2, 0) is 16.1 Å². The highest BCUT2D eigenvalue weighted by Crippen LogP contribution is 2.37. The van der Waals surface area contributed by atoms with Crippen LogP contribution in [0.3, 0.4) is 0 Å². The van der Waals surface area contributed by atoms with Gasteiger partial charge in [0.2, 0.25) is 6.79 Å². The Labute approximate surface area is 222 Å². The van der Waals surface area contributed by atoms with E-state index in [1.165, 1.54) is 12.1 Å². The summed E-state index contributed by atoms with van der Waals surface area (Å²) in [4.78, 5) is 31.0. The number of H-pyrrole nitrogens is 1. The fraction of sp³-hybridized carbons (Fsp3) is 0.370. The van der Waals surface area contributed by atoms with Gasteiger partial charge in [0.25, 0.3) is 5.56 Å². The number of halogens is 1. The maximum atomic E-state index is 13.5. The molecule has 4 heterocycles. The quantitative estimate of drug-likeness (QED) is 0.356. The van der Waals surface area contributed by atoms with E-state index >= 15 is 0 Å². The van der Waals surface area contributed by atoms with Crippen LogP contribution in [0.2, 0.25) is 0 Å². The lowest BCUT2D eigenvalue weighted by atomic mass is 9.94. The number of fused-ring (bicyclic) bond motifs is 2. The van der Waals surface area contributed by atoms with Crippen LogP contribution in [0.15, 0.2) is 47.3 Å². The lowest BCUT2D eigenvalue weighted by Gasteiger charge is -2.36. The summed E-state index contributed by atoms with van der Waals surface area (Å²) in [6, 6.07) is 10.9. The van der Waals surface area contributed by atoms with Crippen LogP contribution >= 0.6 is 0 Å². The largest absolute Gasteiger partial charge is 0.466 e. The van der Waals surface area contributed by atoms with Crippen LogP contribution in [0.4, 0.5) is 4.39 Å². The van der Waals surface area contributed by atoms with Gasteiger partial charge in [-0.3, -0.25) is 14.5 Å². The normalized spacial score (nSPS) is 16.5. The van der Waals surface area contributed by atoms with Crippen molar-refractivity contribution in [1.29, 1.82) is 0 Å². The number of pyridine rings is 1. The van der Waals surface area contributed by atoms with E-state index < -0.39 is 6.04 Å². The Morgan fingerprint density at radius 3 is 2.64 bits per heavy atom. The minimum atomic E-state index is -0.595. The van der Waals surface area contributed by atoms with E-state index in [0.29, 0.717) is 67.5 Å². The number of carbonyl (C=O) groups excluding carboxylic acids is 1. The number of likely N-dealkylation sites (tertiary alicyclic amines) is 1. The lowest BCUT2D eigenvalue weighted by Crippen LogP contribution is -2.42. The summed E-state index contributed by atoms with van der Waals surface area (Å²) < 4.78 is 31.3. The van der Waals surface area contributed by atoms with Crippen molar-refractivity contribution in [2.24, 2.45) is 5.92 Å². The number of aromatic amines is 1. The second-order valence-corrected chi connectivity index (χ2v) is 9.63. The number of tetrazole rings is 1. The van der Waals surface area contributed by atoms with Crippen molar-refractivity contribution in [3.8, 4) is 11.5 Å². The number of esters is 1. The number of aromatic nitrogens is 5. The summed E-state index contributed by atoms with van der Waals surface area (Å²) >= 11 is 0. The molecule has 1 N–H and O–H groups in total. The molecule has 1 atom stereocenters. The number of benzene rings is 2. The molecule has 0 radical (unpaired) electrons. The summed E-state index contributed by atoms with van der Waals surface area (Å²) in [7, 11) is 0. The number of ether oxygens (including phenoxy) is 3. The molecule has 6 rings (SSSR count). The Morgan fingerprint density at radius 2 is 1.90 bits per heavy atom. The predicted octanol–water partition coefficient (Wildman–Crippen LogP) is 2.80. The maximum absolute atomic E-state index is 13.5. The van der Waals surface area contributed by atoms with Gasteiger partial charge in [-0.15, -0.1) is 5.10 Å². The van der Waals surface area contributed by atoms with E-state index in [4.69, 9.17) is 14.2 Å². The molecule has 0 amide bonds. The van der Waals surface area contributed by atoms with Crippen LogP contribution in [0.5, 0.6) is 11.5 Å². The van der Waals surface area contributed by atoms with Crippen molar-refractivity contribution in [3.63, 3.8) is 0 Å². The van der Waals surface area contributed by atoms with E-state index in [9.17, 15) is 14.0 Å². The van der Waals surface area contributed by atoms with Gasteiger partial charge in [0.05, 0.1) is 24.6 Å². The first-order valence-corrected chi connectivity index (χ1v) is 12.9. The number of hydrogen-bond donors (Lipinski definition) is 1. The molecule has 0 bridgehead atoms. The van der Waals surface area contributed by atoms with Crippen LogP contribution in [0, 0.1) is 11.7 Å². The number of nitrogens with zero attached hydrogens (tertiary/aromatic N) is 5. The van der Waals surface area contributed by atoms with E-state index in [-0.39, 0.29) is 30.1 Å². The molecule has 1 fully saturated rings. The average molecular weight is 535 g/mol. The molecule has 1 saturated heterocycles. The third kappa shape index (κ3) is 4.94. The first-order chi connectivity index (χ1) is 19.0. The molecule has 0 saturated carbocycles. The molecule has 0 spiro atoms. The van der Waals surface area contributed by atoms with Gasteiger partial charge in [0.15, 0.2) is 17.3 Å². The molecular formula is C27H27FN6O5. The van der Waals surface area contributed by atoms with Gasteiger partial charge in [-0.05, 0) is 60.0 Å². The number of rotatable bonds is 7. The molecule has 2 aliphatic rings. The van der Waals surface area contributed by atoms with E-state index in [0.717, 1.165) is 10.9 Å². The third-order valence-electron chi connectivity index (χ3n) is 7.23. The molecule has 0 aliphatic carbocycles. The van der Waals surface area contributed by atoms with Crippen molar-refractivity contribution in [2.45, 2.75) is 32.4 Å². The fourth-order valence-electron chi connectivity index (χ4n) is 5.25. The number of carbonyl (C=O) groups is 1. The standard InChI is InChI=1S/C27H27FN6O5/c1-2-37-27(36)17-7-9-33(10-8-17)24(25-30-31-32-34(25)14-16-3-5-19(28)6-4-16)20-11-18-12-22-23(39-15-38-22)13-21(18)29-26(20)35/h3-6,11-13,17,24H,2,7-10,14-15H2,1H3,(H,29,35)/t24-/m1/s1. The molecule has 0 unspecified atom stereocenters. The number of hydrogen-bond acceptors (Lipinski definition) is 9. The van der Waals surface area contributed by atoms with Crippen molar-refractivity contribution >= 4 is 16.9 Å². The maximum Gasteiger partial charge on any atom is 0.309 e. The van der Waals surface area contributed by atoms with Crippen molar-refractivity contribution in [3.05, 3.63) is 75.6 Å². The lowest BCUT2D eigenvalue weighted by molar-refractivity contribution is -0.149. The second kappa shape index (κ2) is 10.4. The molecule has 12 heteroatoms. The average Bonchev–Trinajstić information content (AvgIpc) is 3.59. The first kappa shape index (κ1) is 25.0. The Bertz CT molecular complexity index is 1560. The van der Waals surface area contributed by atoms with E-state index in [1.54, 1.807) is 29.8 Å². The summed E-state index contributed by atoms with van der Waals surface area (Å²) in [5.74, 6) is 0.919. The Balaban J connectivity index is 1.39. The Kier molecular flexibility index (Phi) is 6.69. The molecular weight excluding hydrogens is 507 g/mol. The van der Waals surface area contributed by atoms with Crippen molar-refractivity contribution < 1.29 is 23.4 Å². The van der Waals surface area contributed by atoms with Crippen LogP contribution in [0.25, 0.3) is 10.9 Å². The summed E-state index contributed by atoms with van der Waals surface area (Å²) in [6.07, 6.45) is 1.16. The molecule has 4 aromatic rings. The summed E-state index contributed by atoms with van der Waals surface area (Å²) in [6.45, 7) is 3.63. The van der Waals surface area contributed by atoms with Gasteiger partial charge in [0.1, 0.15) is 11.9 Å². The highest BCUT2D eigenvalue weighted by molar-refractivity contribution is 5.83.